The Kier molecular flexibility index (Phi) is 3.26. The van der Waals surface area contributed by atoms with E-state index in [2.05, 4.69) is 0 Å². The molecule has 5 nitrogen and oxygen atoms in total. The van der Waals surface area contributed by atoms with Crippen LogP contribution in [0.15, 0.2) is 12.2 Å². The number of hydrogen-bond donors (Lipinski definition) is 0. The van der Waals surface area contributed by atoms with Gasteiger partial charge in [-0.2, -0.15) is 0 Å². The summed E-state index contributed by atoms with van der Waals surface area (Å²) in [5.74, 6) is -1.67. The van der Waals surface area contributed by atoms with Crippen molar-refractivity contribution in [2.75, 3.05) is 6.54 Å². The fourth-order valence-electron chi connectivity index (χ4n) is 2.45. The van der Waals surface area contributed by atoms with E-state index in [1.54, 1.807) is 0 Å². The minimum Gasteiger partial charge on any atom is -0.550 e. The maximum absolute atomic E-state index is 11.3. The molecule has 0 aromatic carbocycles. The van der Waals surface area contributed by atoms with Crippen LogP contribution in [0.25, 0.3) is 0 Å². The fourth-order valence-corrected chi connectivity index (χ4v) is 2.45. The number of carboxylic acids is 1. The lowest BCUT2D eigenvalue weighted by Crippen LogP contribution is -2.38. The third kappa shape index (κ3) is 2.54. The topological polar surface area (TPSA) is 77.5 Å². The molecule has 0 atom stereocenters. The standard InChI is InChI=1S/C12H15NO4/c14-10-5-6-11(15)13(10)7-8-1-3-9(4-2-8)12(16)17/h5-6,8-9H,1-4,7H2,(H,16,17)/p-1. The van der Waals surface area contributed by atoms with E-state index in [1.165, 1.54) is 17.1 Å². The maximum atomic E-state index is 11.3. The van der Waals surface area contributed by atoms with Gasteiger partial charge in [0.25, 0.3) is 11.8 Å². The van der Waals surface area contributed by atoms with Gasteiger partial charge >= 0.3 is 0 Å². The van der Waals surface area contributed by atoms with Crippen LogP contribution in [0.4, 0.5) is 0 Å². The molecule has 1 aliphatic carbocycles. The van der Waals surface area contributed by atoms with Crippen molar-refractivity contribution < 1.29 is 19.5 Å². The highest BCUT2D eigenvalue weighted by molar-refractivity contribution is 6.12. The molecule has 17 heavy (non-hydrogen) atoms. The van der Waals surface area contributed by atoms with Crippen LogP contribution in [0.3, 0.4) is 0 Å². The molecular formula is C12H14NO4-. The zero-order chi connectivity index (χ0) is 12.4. The van der Waals surface area contributed by atoms with Crippen LogP contribution in [0.2, 0.25) is 0 Å². The quantitative estimate of drug-likeness (QED) is 0.617. The zero-order valence-corrected chi connectivity index (χ0v) is 9.43. The van der Waals surface area contributed by atoms with E-state index in [-0.39, 0.29) is 23.7 Å². The molecule has 2 aliphatic rings. The molecule has 1 aliphatic heterocycles. The van der Waals surface area contributed by atoms with Gasteiger partial charge in [0.05, 0.1) is 0 Å². The van der Waals surface area contributed by atoms with Gasteiger partial charge in [-0.15, -0.1) is 0 Å². The van der Waals surface area contributed by atoms with Crippen LogP contribution in [0, 0.1) is 11.8 Å². The summed E-state index contributed by atoms with van der Waals surface area (Å²) in [4.78, 5) is 34.6. The number of carbonyl (C=O) groups excluding carboxylic acids is 3. The zero-order valence-electron chi connectivity index (χ0n) is 9.43. The van der Waals surface area contributed by atoms with E-state index < -0.39 is 5.97 Å². The first-order valence-electron chi connectivity index (χ1n) is 5.82. The highest BCUT2D eigenvalue weighted by Crippen LogP contribution is 2.29. The van der Waals surface area contributed by atoms with Crippen LogP contribution in [0.1, 0.15) is 25.7 Å². The molecule has 92 valence electrons. The maximum Gasteiger partial charge on any atom is 0.253 e. The lowest BCUT2D eigenvalue weighted by Gasteiger charge is -2.30. The minimum absolute atomic E-state index is 0.221. The molecule has 1 fully saturated rings. The molecule has 5 heteroatoms. The van der Waals surface area contributed by atoms with Crippen molar-refractivity contribution in [3.63, 3.8) is 0 Å². The molecule has 0 radical (unpaired) electrons. The smallest absolute Gasteiger partial charge is 0.253 e. The molecule has 0 aromatic heterocycles. The van der Waals surface area contributed by atoms with E-state index in [1.807, 2.05) is 0 Å². The van der Waals surface area contributed by atoms with Crippen molar-refractivity contribution in [3.8, 4) is 0 Å². The van der Waals surface area contributed by atoms with Gasteiger partial charge in [-0.05, 0) is 37.5 Å². The Hall–Kier alpha value is -1.65. The predicted octanol–water partition coefficient (Wildman–Crippen LogP) is -0.532. The van der Waals surface area contributed by atoms with Gasteiger partial charge in [-0.25, -0.2) is 0 Å². The molecule has 0 N–H and O–H groups in total. The molecule has 2 amide bonds. The summed E-state index contributed by atoms with van der Waals surface area (Å²) in [6.45, 7) is 0.407. The first kappa shape index (κ1) is 11.8. The number of hydrogen-bond acceptors (Lipinski definition) is 4. The molecule has 1 heterocycles. The second-order valence-corrected chi connectivity index (χ2v) is 4.66. The van der Waals surface area contributed by atoms with E-state index >= 15 is 0 Å². The van der Waals surface area contributed by atoms with Gasteiger partial charge in [-0.3, -0.25) is 14.5 Å². The van der Waals surface area contributed by atoms with Crippen molar-refractivity contribution in [3.05, 3.63) is 12.2 Å². The highest BCUT2D eigenvalue weighted by Gasteiger charge is 2.29. The summed E-state index contributed by atoms with van der Waals surface area (Å²) >= 11 is 0. The van der Waals surface area contributed by atoms with E-state index in [4.69, 9.17) is 0 Å². The number of carboxylic acid groups (broad SMARTS) is 1. The molecule has 0 spiro atoms. The van der Waals surface area contributed by atoms with E-state index in [0.717, 1.165) is 12.8 Å². The first-order valence-corrected chi connectivity index (χ1v) is 5.82. The number of imide groups is 1. The minimum atomic E-state index is -0.988. The number of aliphatic carboxylic acids is 1. The van der Waals surface area contributed by atoms with Gasteiger partial charge < -0.3 is 9.90 Å². The molecular weight excluding hydrogens is 222 g/mol. The average molecular weight is 236 g/mol. The average Bonchev–Trinajstić information content (AvgIpc) is 2.61. The second-order valence-electron chi connectivity index (χ2n) is 4.66. The Morgan fingerprint density at radius 3 is 2.18 bits per heavy atom. The Morgan fingerprint density at radius 1 is 1.18 bits per heavy atom. The van der Waals surface area contributed by atoms with Crippen molar-refractivity contribution in [2.45, 2.75) is 25.7 Å². The largest absolute Gasteiger partial charge is 0.550 e. The van der Waals surface area contributed by atoms with Crippen molar-refractivity contribution in [2.24, 2.45) is 11.8 Å². The lowest BCUT2D eigenvalue weighted by atomic mass is 9.82. The van der Waals surface area contributed by atoms with Crippen molar-refractivity contribution in [1.29, 1.82) is 0 Å². The number of nitrogens with zero attached hydrogens (tertiary/aromatic N) is 1. The summed E-state index contributed by atoms with van der Waals surface area (Å²) in [6, 6.07) is 0. The van der Waals surface area contributed by atoms with Gasteiger partial charge in [0.1, 0.15) is 0 Å². The van der Waals surface area contributed by atoms with Crippen LogP contribution < -0.4 is 5.11 Å². The predicted molar refractivity (Wildman–Crippen MR) is 56.3 cm³/mol. The van der Waals surface area contributed by atoms with Gasteiger partial charge in [0, 0.05) is 24.7 Å². The molecule has 0 bridgehead atoms. The number of amides is 2. The summed E-state index contributed by atoms with van der Waals surface area (Å²) in [7, 11) is 0. The molecule has 2 rings (SSSR count). The Morgan fingerprint density at radius 2 is 1.71 bits per heavy atom. The first-order chi connectivity index (χ1) is 8.08. The SMILES string of the molecule is O=C([O-])C1CCC(CN2C(=O)C=CC2=O)CC1. The molecule has 0 unspecified atom stereocenters. The van der Waals surface area contributed by atoms with Gasteiger partial charge in [-0.1, -0.05) is 0 Å². The lowest BCUT2D eigenvalue weighted by molar-refractivity contribution is -0.312. The van der Waals surface area contributed by atoms with Crippen LogP contribution in [-0.4, -0.2) is 29.2 Å². The Bertz CT molecular complexity index is 362. The summed E-state index contributed by atoms with van der Waals surface area (Å²) in [5.41, 5.74) is 0. The Balaban J connectivity index is 1.84. The molecule has 1 saturated carbocycles. The monoisotopic (exact) mass is 236 g/mol. The van der Waals surface area contributed by atoms with Crippen LogP contribution >= 0.6 is 0 Å². The summed E-state index contributed by atoms with van der Waals surface area (Å²) < 4.78 is 0. The van der Waals surface area contributed by atoms with Crippen LogP contribution in [0.5, 0.6) is 0 Å². The number of rotatable bonds is 3. The van der Waals surface area contributed by atoms with Gasteiger partial charge in [0.15, 0.2) is 0 Å². The number of carbonyl (C=O) groups is 3. The van der Waals surface area contributed by atoms with Crippen molar-refractivity contribution in [1.82, 2.24) is 4.90 Å². The van der Waals surface area contributed by atoms with Crippen molar-refractivity contribution >= 4 is 17.8 Å². The summed E-state index contributed by atoms with van der Waals surface area (Å²) in [5, 5.41) is 10.7. The third-order valence-corrected chi connectivity index (χ3v) is 3.52. The Labute approximate surface area is 99.1 Å². The van der Waals surface area contributed by atoms with Crippen LogP contribution in [-0.2, 0) is 14.4 Å². The van der Waals surface area contributed by atoms with E-state index in [9.17, 15) is 19.5 Å². The highest BCUT2D eigenvalue weighted by atomic mass is 16.4. The molecule has 0 aromatic rings. The second kappa shape index (κ2) is 4.69. The fraction of sp³-hybridized carbons (Fsp3) is 0.583. The van der Waals surface area contributed by atoms with E-state index in [0.29, 0.717) is 19.4 Å². The normalized spacial score (nSPS) is 28.8. The van der Waals surface area contributed by atoms with Gasteiger partial charge in [0.2, 0.25) is 0 Å². The third-order valence-electron chi connectivity index (χ3n) is 3.52. The summed E-state index contributed by atoms with van der Waals surface area (Å²) in [6.07, 6.45) is 5.17. The molecule has 0 saturated heterocycles.